The highest BCUT2D eigenvalue weighted by atomic mass is 35.5. The molecule has 3 amide bonds. The van der Waals surface area contributed by atoms with Gasteiger partial charge in [0.1, 0.15) is 0 Å². The molecule has 16 heavy (non-hydrogen) atoms. The molecule has 0 saturated heterocycles. The Morgan fingerprint density at radius 1 is 1.44 bits per heavy atom. The number of imide groups is 1. The lowest BCUT2D eigenvalue weighted by Crippen LogP contribution is -2.38. The van der Waals surface area contributed by atoms with E-state index in [2.05, 4.69) is 5.32 Å². The summed E-state index contributed by atoms with van der Waals surface area (Å²) in [5.74, 6) is 0. The molecule has 1 rings (SSSR count). The maximum Gasteiger partial charge on any atom is 0.324 e. The Balaban J connectivity index is 2.48. The molecule has 1 aromatic carbocycles. The molecule has 0 aromatic heterocycles. The van der Waals surface area contributed by atoms with Crippen molar-refractivity contribution in [3.05, 3.63) is 34.9 Å². The van der Waals surface area contributed by atoms with E-state index in [1.54, 1.807) is 19.1 Å². The molecule has 0 atom stereocenters. The number of rotatable bonds is 4. The maximum absolute atomic E-state index is 11.4. The Bertz CT molecular complexity index is 365. The van der Waals surface area contributed by atoms with E-state index >= 15 is 0 Å². The predicted octanol–water partition coefficient (Wildman–Crippen LogP) is 2.03. The van der Waals surface area contributed by atoms with Crippen LogP contribution in [-0.2, 0) is 11.3 Å². The van der Waals surface area contributed by atoms with Gasteiger partial charge in [-0.05, 0) is 24.6 Å². The summed E-state index contributed by atoms with van der Waals surface area (Å²) >= 11 is 5.73. The van der Waals surface area contributed by atoms with E-state index in [9.17, 15) is 9.59 Å². The molecule has 0 unspecified atom stereocenters. The van der Waals surface area contributed by atoms with E-state index in [1.807, 2.05) is 12.1 Å². The predicted molar refractivity (Wildman–Crippen MR) is 62.1 cm³/mol. The van der Waals surface area contributed by atoms with Crippen LogP contribution in [0.1, 0.15) is 12.5 Å². The highest BCUT2D eigenvalue weighted by molar-refractivity contribution is 6.30. The van der Waals surface area contributed by atoms with Gasteiger partial charge in [-0.1, -0.05) is 23.7 Å². The van der Waals surface area contributed by atoms with Gasteiger partial charge in [0, 0.05) is 18.1 Å². The summed E-state index contributed by atoms with van der Waals surface area (Å²) in [6, 6.07) is 6.74. The van der Waals surface area contributed by atoms with Crippen LogP contribution in [0.25, 0.3) is 0 Å². The third-order valence-corrected chi connectivity index (χ3v) is 2.34. The average Bonchev–Trinajstić information content (AvgIpc) is 2.30. The number of hydrogen-bond acceptors (Lipinski definition) is 2. The molecule has 0 saturated carbocycles. The van der Waals surface area contributed by atoms with E-state index in [-0.39, 0.29) is 0 Å². The van der Waals surface area contributed by atoms with Crippen LogP contribution in [0.4, 0.5) is 4.79 Å². The summed E-state index contributed by atoms with van der Waals surface area (Å²) < 4.78 is 0. The molecule has 0 heterocycles. The van der Waals surface area contributed by atoms with Crippen molar-refractivity contribution in [3.8, 4) is 0 Å². The molecular weight excluding hydrogens is 228 g/mol. The molecule has 0 aliphatic carbocycles. The van der Waals surface area contributed by atoms with Crippen molar-refractivity contribution in [1.82, 2.24) is 10.2 Å². The lowest BCUT2D eigenvalue weighted by Gasteiger charge is -2.13. The highest BCUT2D eigenvalue weighted by Gasteiger charge is 2.08. The molecular formula is C11H13ClN2O2. The molecule has 0 spiro atoms. The number of nitrogens with zero attached hydrogens (tertiary/aromatic N) is 1. The number of carbonyl (C=O) groups excluding carboxylic acids is 2. The van der Waals surface area contributed by atoms with Gasteiger partial charge >= 0.3 is 6.03 Å². The first-order valence-electron chi connectivity index (χ1n) is 4.91. The van der Waals surface area contributed by atoms with E-state index in [0.717, 1.165) is 10.5 Å². The molecule has 0 fully saturated rings. The van der Waals surface area contributed by atoms with Gasteiger partial charge in [0.05, 0.1) is 0 Å². The summed E-state index contributed by atoms with van der Waals surface area (Å²) in [4.78, 5) is 22.9. The third-order valence-electron chi connectivity index (χ3n) is 2.09. The van der Waals surface area contributed by atoms with Gasteiger partial charge in [0.15, 0.2) is 0 Å². The van der Waals surface area contributed by atoms with Crippen LogP contribution in [0.15, 0.2) is 24.3 Å². The van der Waals surface area contributed by atoms with Crippen LogP contribution in [0.2, 0.25) is 5.02 Å². The molecule has 5 heteroatoms. The normalized spacial score (nSPS) is 9.62. The van der Waals surface area contributed by atoms with Crippen molar-refractivity contribution in [2.75, 3.05) is 6.54 Å². The van der Waals surface area contributed by atoms with Gasteiger partial charge in [0.25, 0.3) is 0 Å². The molecule has 0 radical (unpaired) electrons. The highest BCUT2D eigenvalue weighted by Crippen LogP contribution is 2.09. The largest absolute Gasteiger partial charge is 0.334 e. The van der Waals surface area contributed by atoms with Crippen molar-refractivity contribution < 1.29 is 9.59 Å². The Morgan fingerprint density at radius 2 is 2.06 bits per heavy atom. The lowest BCUT2D eigenvalue weighted by atomic mass is 10.2. The maximum atomic E-state index is 11.4. The molecule has 1 N–H and O–H groups in total. The fraction of sp³-hybridized carbons (Fsp3) is 0.273. The van der Waals surface area contributed by atoms with Crippen molar-refractivity contribution in [1.29, 1.82) is 0 Å². The van der Waals surface area contributed by atoms with Crippen LogP contribution in [0, 0.1) is 0 Å². The number of benzene rings is 1. The molecule has 1 aromatic rings. The monoisotopic (exact) mass is 240 g/mol. The second kappa shape index (κ2) is 6.12. The number of amides is 3. The number of carbonyl (C=O) groups is 2. The zero-order valence-corrected chi connectivity index (χ0v) is 9.70. The quantitative estimate of drug-likeness (QED) is 0.819. The van der Waals surface area contributed by atoms with Crippen molar-refractivity contribution in [2.45, 2.75) is 13.5 Å². The minimum atomic E-state index is -0.396. The van der Waals surface area contributed by atoms with Crippen LogP contribution in [0.5, 0.6) is 0 Å². The lowest BCUT2D eigenvalue weighted by molar-refractivity contribution is -0.115. The summed E-state index contributed by atoms with van der Waals surface area (Å²) in [5, 5.41) is 3.28. The Morgan fingerprint density at radius 3 is 2.56 bits per heavy atom. The van der Waals surface area contributed by atoms with Crippen LogP contribution in [-0.4, -0.2) is 23.9 Å². The second-order valence-corrected chi connectivity index (χ2v) is 3.61. The SMILES string of the molecule is CCN(C=O)C(=O)NCc1ccc(Cl)cc1. The molecule has 4 nitrogen and oxygen atoms in total. The summed E-state index contributed by atoms with van der Waals surface area (Å²) in [7, 11) is 0. The standard InChI is InChI=1S/C11H13ClN2O2/c1-2-14(8-15)11(16)13-7-9-3-5-10(12)6-4-9/h3-6,8H,2,7H2,1H3,(H,13,16). The Hall–Kier alpha value is -1.55. The third kappa shape index (κ3) is 3.55. The summed E-state index contributed by atoms with van der Waals surface area (Å²) in [6.07, 6.45) is 0.511. The second-order valence-electron chi connectivity index (χ2n) is 3.18. The number of halogens is 1. The topological polar surface area (TPSA) is 49.4 Å². The van der Waals surface area contributed by atoms with Crippen LogP contribution in [0.3, 0.4) is 0 Å². The minimum absolute atomic E-state index is 0.357. The van der Waals surface area contributed by atoms with E-state index in [4.69, 9.17) is 11.6 Å². The zero-order chi connectivity index (χ0) is 12.0. The number of urea groups is 1. The van der Waals surface area contributed by atoms with E-state index in [0.29, 0.717) is 24.5 Å². The molecule has 86 valence electrons. The van der Waals surface area contributed by atoms with Gasteiger partial charge in [-0.3, -0.25) is 9.69 Å². The van der Waals surface area contributed by atoms with Crippen LogP contribution < -0.4 is 5.32 Å². The summed E-state index contributed by atoms with van der Waals surface area (Å²) in [6.45, 7) is 2.46. The average molecular weight is 241 g/mol. The van der Waals surface area contributed by atoms with Gasteiger partial charge in [0.2, 0.25) is 6.41 Å². The van der Waals surface area contributed by atoms with E-state index in [1.165, 1.54) is 0 Å². The first-order chi connectivity index (χ1) is 7.67. The fourth-order valence-electron chi connectivity index (χ4n) is 1.15. The molecule has 0 bridgehead atoms. The number of hydrogen-bond donors (Lipinski definition) is 1. The fourth-order valence-corrected chi connectivity index (χ4v) is 1.27. The number of nitrogens with one attached hydrogen (secondary N) is 1. The zero-order valence-electron chi connectivity index (χ0n) is 8.94. The van der Waals surface area contributed by atoms with Gasteiger partial charge in [-0.25, -0.2) is 4.79 Å². The molecule has 0 aliphatic heterocycles. The smallest absolute Gasteiger partial charge is 0.324 e. The van der Waals surface area contributed by atoms with Crippen molar-refractivity contribution >= 4 is 24.0 Å². The Kier molecular flexibility index (Phi) is 4.79. The Labute approximate surface area is 99.2 Å². The van der Waals surface area contributed by atoms with Gasteiger partial charge in [-0.2, -0.15) is 0 Å². The summed E-state index contributed by atoms with van der Waals surface area (Å²) in [5.41, 5.74) is 0.930. The van der Waals surface area contributed by atoms with Gasteiger partial charge < -0.3 is 5.32 Å². The van der Waals surface area contributed by atoms with Crippen molar-refractivity contribution in [3.63, 3.8) is 0 Å². The van der Waals surface area contributed by atoms with E-state index < -0.39 is 6.03 Å². The first kappa shape index (κ1) is 12.5. The first-order valence-corrected chi connectivity index (χ1v) is 5.29. The van der Waals surface area contributed by atoms with Crippen LogP contribution >= 0.6 is 11.6 Å². The molecule has 0 aliphatic rings. The van der Waals surface area contributed by atoms with Crippen molar-refractivity contribution in [2.24, 2.45) is 0 Å². The van der Waals surface area contributed by atoms with Gasteiger partial charge in [-0.15, -0.1) is 0 Å². The minimum Gasteiger partial charge on any atom is -0.334 e.